The van der Waals surface area contributed by atoms with Gasteiger partial charge in [-0.15, -0.1) is 0 Å². The highest BCUT2D eigenvalue weighted by atomic mass is 16.1. The predicted molar refractivity (Wildman–Crippen MR) is 130 cm³/mol. The van der Waals surface area contributed by atoms with Crippen LogP contribution in [0, 0.1) is 0 Å². The first kappa shape index (κ1) is 21.0. The molecule has 162 valence electrons. The number of carbonyl (C=O) groups is 1. The zero-order valence-electron chi connectivity index (χ0n) is 18.3. The molecule has 4 nitrogen and oxygen atoms in total. The van der Waals surface area contributed by atoms with E-state index in [9.17, 15) is 4.79 Å². The maximum absolute atomic E-state index is 12.9. The highest BCUT2D eigenvalue weighted by molar-refractivity contribution is 6.00. The molecule has 1 aliphatic heterocycles. The zero-order valence-corrected chi connectivity index (χ0v) is 18.3. The fraction of sp³-hybridized carbons (Fsp3) is 0.138. The van der Waals surface area contributed by atoms with Gasteiger partial charge >= 0.3 is 0 Å². The molecule has 3 aromatic carbocycles. The minimum absolute atomic E-state index is 0.167. The number of hydrogen-bond donors (Lipinski definition) is 0. The second-order valence-electron chi connectivity index (χ2n) is 8.20. The van der Waals surface area contributed by atoms with Gasteiger partial charge in [-0.1, -0.05) is 91.0 Å². The topological polar surface area (TPSA) is 46.1 Å². The van der Waals surface area contributed by atoms with Crippen molar-refractivity contribution in [3.05, 3.63) is 138 Å². The van der Waals surface area contributed by atoms with Crippen LogP contribution >= 0.6 is 0 Å². The van der Waals surface area contributed by atoms with Crippen molar-refractivity contribution in [3.8, 4) is 0 Å². The number of rotatable bonds is 5. The molecular formula is C29H25N3O. The minimum Gasteiger partial charge on any atom is -0.294 e. The fourth-order valence-corrected chi connectivity index (χ4v) is 4.83. The van der Waals surface area contributed by atoms with Gasteiger partial charge in [0, 0.05) is 37.5 Å². The van der Waals surface area contributed by atoms with Crippen LogP contribution in [0.4, 0.5) is 0 Å². The number of ketones is 1. The van der Waals surface area contributed by atoms with E-state index in [2.05, 4.69) is 87.7 Å². The third kappa shape index (κ3) is 4.01. The molecule has 1 saturated heterocycles. The summed E-state index contributed by atoms with van der Waals surface area (Å²) in [6, 6.07) is 31.7. The van der Waals surface area contributed by atoms with Crippen molar-refractivity contribution in [1.29, 1.82) is 0 Å². The Morgan fingerprint density at radius 3 is 1.79 bits per heavy atom. The van der Waals surface area contributed by atoms with Crippen LogP contribution in [-0.4, -0.2) is 33.7 Å². The molecule has 0 spiro atoms. The van der Waals surface area contributed by atoms with Crippen molar-refractivity contribution in [3.63, 3.8) is 0 Å². The Kier molecular flexibility index (Phi) is 5.92. The van der Waals surface area contributed by atoms with Gasteiger partial charge in [0.05, 0.1) is 17.4 Å². The normalized spacial score (nSPS) is 16.1. The van der Waals surface area contributed by atoms with Crippen molar-refractivity contribution < 1.29 is 4.79 Å². The molecule has 0 amide bonds. The predicted octanol–water partition coefficient (Wildman–Crippen LogP) is 5.13. The molecule has 0 unspecified atom stereocenters. The summed E-state index contributed by atoms with van der Waals surface area (Å²) in [5.41, 5.74) is 4.45. The second-order valence-corrected chi connectivity index (χ2v) is 8.20. The maximum atomic E-state index is 12.9. The number of nitrogens with zero attached hydrogens (tertiary/aromatic N) is 3. The Morgan fingerprint density at radius 2 is 1.30 bits per heavy atom. The lowest BCUT2D eigenvalue weighted by Crippen LogP contribution is -2.52. The van der Waals surface area contributed by atoms with Gasteiger partial charge in [0.15, 0.2) is 5.78 Å². The lowest BCUT2D eigenvalue weighted by Gasteiger charge is -2.47. The summed E-state index contributed by atoms with van der Waals surface area (Å²) in [4.78, 5) is 23.9. The third-order valence-corrected chi connectivity index (χ3v) is 6.28. The second kappa shape index (κ2) is 9.31. The van der Waals surface area contributed by atoms with Crippen molar-refractivity contribution in [2.45, 2.75) is 12.0 Å². The highest BCUT2D eigenvalue weighted by Crippen LogP contribution is 2.43. The molecule has 1 aliphatic rings. The van der Waals surface area contributed by atoms with E-state index in [0.29, 0.717) is 25.2 Å². The first-order chi connectivity index (χ1) is 16.3. The third-order valence-electron chi connectivity index (χ3n) is 6.28. The number of hydrogen-bond acceptors (Lipinski definition) is 4. The van der Waals surface area contributed by atoms with Gasteiger partial charge in [-0.05, 0) is 22.8 Å². The Hall–Kier alpha value is -3.89. The average molecular weight is 432 g/mol. The van der Waals surface area contributed by atoms with Crippen molar-refractivity contribution in [2.75, 3.05) is 13.1 Å². The first-order valence-corrected chi connectivity index (χ1v) is 11.2. The Bertz CT molecular complexity index is 1140. The van der Waals surface area contributed by atoms with Crippen molar-refractivity contribution >= 4 is 11.9 Å². The summed E-state index contributed by atoms with van der Waals surface area (Å²) in [7, 11) is 0. The van der Waals surface area contributed by atoms with Gasteiger partial charge < -0.3 is 0 Å². The lowest BCUT2D eigenvalue weighted by atomic mass is 9.74. The minimum atomic E-state index is -0.536. The molecule has 0 bridgehead atoms. The molecule has 1 aromatic heterocycles. The average Bonchev–Trinajstić information content (AvgIpc) is 2.89. The van der Waals surface area contributed by atoms with Gasteiger partial charge in [-0.25, -0.2) is 0 Å². The van der Waals surface area contributed by atoms with Crippen molar-refractivity contribution in [2.24, 2.45) is 0 Å². The SMILES string of the molecule is O=C1CCN(C(c2ccccc2)(c2ccccc2)c2ccccc2)CC1=Cc1cnccn1. The molecular weight excluding hydrogens is 406 g/mol. The van der Waals surface area contributed by atoms with Crippen LogP contribution in [0.2, 0.25) is 0 Å². The van der Waals surface area contributed by atoms with Crippen LogP contribution in [-0.2, 0) is 10.3 Å². The molecule has 0 N–H and O–H groups in total. The van der Waals surface area contributed by atoms with Gasteiger partial charge in [-0.3, -0.25) is 19.7 Å². The van der Waals surface area contributed by atoms with Crippen LogP contribution in [0.1, 0.15) is 28.8 Å². The summed E-state index contributed by atoms with van der Waals surface area (Å²) >= 11 is 0. The van der Waals surface area contributed by atoms with E-state index in [1.807, 2.05) is 24.3 Å². The van der Waals surface area contributed by atoms with E-state index >= 15 is 0 Å². The van der Waals surface area contributed by atoms with Crippen LogP contribution in [0.5, 0.6) is 0 Å². The molecule has 2 heterocycles. The summed E-state index contributed by atoms with van der Waals surface area (Å²) in [5.74, 6) is 0.167. The van der Waals surface area contributed by atoms with Crippen molar-refractivity contribution in [1.82, 2.24) is 14.9 Å². The summed E-state index contributed by atoms with van der Waals surface area (Å²) < 4.78 is 0. The number of piperidine rings is 1. The van der Waals surface area contributed by atoms with Gasteiger partial charge in [0.25, 0.3) is 0 Å². The van der Waals surface area contributed by atoms with E-state index in [1.54, 1.807) is 18.6 Å². The van der Waals surface area contributed by atoms with Crippen LogP contribution in [0.15, 0.2) is 115 Å². The molecule has 0 radical (unpaired) electrons. The molecule has 0 saturated carbocycles. The molecule has 0 aliphatic carbocycles. The first-order valence-electron chi connectivity index (χ1n) is 11.2. The number of Topliss-reactive ketones (excluding diaryl/α,β-unsaturated/α-hetero) is 1. The highest BCUT2D eigenvalue weighted by Gasteiger charge is 2.44. The Morgan fingerprint density at radius 1 is 0.758 bits per heavy atom. The zero-order chi connectivity index (χ0) is 22.5. The summed E-state index contributed by atoms with van der Waals surface area (Å²) in [6.07, 6.45) is 7.33. The van der Waals surface area contributed by atoms with E-state index in [1.165, 1.54) is 16.7 Å². The van der Waals surface area contributed by atoms with E-state index < -0.39 is 5.54 Å². The van der Waals surface area contributed by atoms with E-state index in [0.717, 1.165) is 5.57 Å². The lowest BCUT2D eigenvalue weighted by molar-refractivity contribution is -0.117. The Labute approximate surface area is 194 Å². The van der Waals surface area contributed by atoms with Crippen LogP contribution in [0.3, 0.4) is 0 Å². The number of carbonyl (C=O) groups excluding carboxylic acids is 1. The number of likely N-dealkylation sites (tertiary alicyclic amines) is 1. The number of benzene rings is 3. The van der Waals surface area contributed by atoms with Gasteiger partial charge in [0.1, 0.15) is 0 Å². The maximum Gasteiger partial charge on any atom is 0.161 e. The molecule has 33 heavy (non-hydrogen) atoms. The Balaban J connectivity index is 1.71. The molecule has 0 atom stereocenters. The fourth-order valence-electron chi connectivity index (χ4n) is 4.83. The van der Waals surface area contributed by atoms with E-state index in [4.69, 9.17) is 0 Å². The van der Waals surface area contributed by atoms with Gasteiger partial charge in [-0.2, -0.15) is 0 Å². The number of aromatic nitrogens is 2. The van der Waals surface area contributed by atoms with E-state index in [-0.39, 0.29) is 5.78 Å². The molecule has 5 rings (SSSR count). The summed E-state index contributed by atoms with van der Waals surface area (Å²) in [6.45, 7) is 1.18. The van der Waals surface area contributed by atoms with Crippen LogP contribution < -0.4 is 0 Å². The van der Waals surface area contributed by atoms with Crippen LogP contribution in [0.25, 0.3) is 6.08 Å². The monoisotopic (exact) mass is 431 g/mol. The molecule has 4 aromatic rings. The quantitative estimate of drug-likeness (QED) is 0.325. The standard InChI is InChI=1S/C29H25N3O/c33-28-16-19-32(22-23(28)20-27-21-30-17-18-31-27)29(24-10-4-1-5-11-24,25-12-6-2-7-13-25)26-14-8-3-9-15-26/h1-15,17-18,20-21H,16,19,22H2. The smallest absolute Gasteiger partial charge is 0.161 e. The largest absolute Gasteiger partial charge is 0.294 e. The molecule has 1 fully saturated rings. The summed E-state index contributed by atoms with van der Waals surface area (Å²) in [5, 5.41) is 0. The molecule has 4 heteroatoms. The van der Waals surface area contributed by atoms with Gasteiger partial charge in [0.2, 0.25) is 0 Å².